The third-order valence-corrected chi connectivity index (χ3v) is 4.40. The Morgan fingerprint density at radius 2 is 2.11 bits per heavy atom. The van der Waals surface area contributed by atoms with Crippen LogP contribution < -0.4 is 4.74 Å². The molecule has 0 heterocycles. The lowest BCUT2D eigenvalue weighted by Crippen LogP contribution is -2.05. The summed E-state index contributed by atoms with van der Waals surface area (Å²) in [5.41, 5.74) is 0.466. The second-order valence-corrected chi connectivity index (χ2v) is 5.93. The quantitative estimate of drug-likeness (QED) is 0.729. The summed E-state index contributed by atoms with van der Waals surface area (Å²) < 4.78 is 18.8. The second kappa shape index (κ2) is 6.51. The van der Waals surface area contributed by atoms with Crippen LogP contribution in [0.1, 0.15) is 48.9 Å². The summed E-state index contributed by atoms with van der Waals surface area (Å²) in [4.78, 5) is 12.2. The summed E-state index contributed by atoms with van der Waals surface area (Å²) >= 11 is 3.11. The van der Waals surface area contributed by atoms with Crippen molar-refractivity contribution in [3.63, 3.8) is 0 Å². The Labute approximate surface area is 121 Å². The fraction of sp³-hybridized carbons (Fsp3) is 0.533. The van der Waals surface area contributed by atoms with Crippen LogP contribution in [-0.2, 0) is 0 Å². The van der Waals surface area contributed by atoms with Crippen molar-refractivity contribution in [1.82, 2.24) is 0 Å². The number of carbonyl (C=O) groups is 1. The smallest absolute Gasteiger partial charge is 0.166 e. The van der Waals surface area contributed by atoms with Gasteiger partial charge in [0, 0.05) is 12.5 Å². The summed E-state index contributed by atoms with van der Waals surface area (Å²) in [7, 11) is 1.45. The van der Waals surface area contributed by atoms with E-state index in [2.05, 4.69) is 15.9 Å². The van der Waals surface area contributed by atoms with E-state index in [1.807, 2.05) is 0 Å². The number of halogens is 2. The molecule has 1 aromatic rings. The van der Waals surface area contributed by atoms with Gasteiger partial charge in [-0.1, -0.05) is 25.7 Å². The molecule has 0 spiro atoms. The molecular weight excluding hydrogens is 311 g/mol. The van der Waals surface area contributed by atoms with E-state index in [4.69, 9.17) is 4.74 Å². The van der Waals surface area contributed by atoms with Gasteiger partial charge in [-0.3, -0.25) is 4.79 Å². The molecule has 2 rings (SSSR count). The number of hydrogen-bond donors (Lipinski definition) is 0. The van der Waals surface area contributed by atoms with Crippen molar-refractivity contribution in [1.29, 1.82) is 0 Å². The van der Waals surface area contributed by atoms with E-state index in [1.165, 1.54) is 44.9 Å². The minimum Gasteiger partial charge on any atom is -0.496 e. The number of hydrogen-bond acceptors (Lipinski definition) is 2. The Hall–Kier alpha value is -0.900. The summed E-state index contributed by atoms with van der Waals surface area (Å²) in [5.74, 6) is 0.615. The van der Waals surface area contributed by atoms with Gasteiger partial charge in [0.1, 0.15) is 11.6 Å². The van der Waals surface area contributed by atoms with Gasteiger partial charge >= 0.3 is 0 Å². The SMILES string of the molecule is COc1cc(F)c(Br)cc1C(=O)CCC1CCCC1. The third-order valence-electron chi connectivity index (χ3n) is 3.80. The van der Waals surface area contributed by atoms with Crippen LogP contribution in [0.3, 0.4) is 0 Å². The van der Waals surface area contributed by atoms with Crippen LogP contribution in [0.2, 0.25) is 0 Å². The predicted molar refractivity (Wildman–Crippen MR) is 76.2 cm³/mol. The summed E-state index contributed by atoms with van der Waals surface area (Å²) in [6.45, 7) is 0. The Morgan fingerprint density at radius 1 is 1.42 bits per heavy atom. The molecule has 1 aliphatic carbocycles. The Bertz CT molecular complexity index is 467. The topological polar surface area (TPSA) is 26.3 Å². The molecule has 2 nitrogen and oxygen atoms in total. The van der Waals surface area contributed by atoms with E-state index in [9.17, 15) is 9.18 Å². The van der Waals surface area contributed by atoms with Gasteiger partial charge in [0.05, 0.1) is 17.1 Å². The molecule has 0 bridgehead atoms. The van der Waals surface area contributed by atoms with E-state index >= 15 is 0 Å². The first kappa shape index (κ1) is 14.5. The predicted octanol–water partition coefficient (Wildman–Crippen LogP) is 4.75. The highest BCUT2D eigenvalue weighted by Gasteiger charge is 2.19. The van der Waals surface area contributed by atoms with Crippen LogP contribution in [0.15, 0.2) is 16.6 Å². The van der Waals surface area contributed by atoms with Crippen LogP contribution in [0.4, 0.5) is 4.39 Å². The maximum atomic E-state index is 13.4. The van der Waals surface area contributed by atoms with Gasteiger partial charge in [-0.15, -0.1) is 0 Å². The zero-order valence-electron chi connectivity index (χ0n) is 11.0. The first-order chi connectivity index (χ1) is 9.11. The maximum absolute atomic E-state index is 13.4. The van der Waals surface area contributed by atoms with Crippen molar-refractivity contribution in [2.75, 3.05) is 7.11 Å². The third kappa shape index (κ3) is 3.56. The van der Waals surface area contributed by atoms with Gasteiger partial charge in [-0.05, 0) is 34.3 Å². The molecule has 0 unspecified atom stereocenters. The molecule has 0 radical (unpaired) electrons. The van der Waals surface area contributed by atoms with Crippen LogP contribution in [-0.4, -0.2) is 12.9 Å². The van der Waals surface area contributed by atoms with Crippen LogP contribution >= 0.6 is 15.9 Å². The zero-order chi connectivity index (χ0) is 13.8. The summed E-state index contributed by atoms with van der Waals surface area (Å²) in [5, 5.41) is 0. The number of methoxy groups -OCH3 is 1. The second-order valence-electron chi connectivity index (χ2n) is 5.08. The highest BCUT2D eigenvalue weighted by molar-refractivity contribution is 9.10. The lowest BCUT2D eigenvalue weighted by atomic mass is 9.97. The largest absolute Gasteiger partial charge is 0.496 e. The molecule has 0 saturated heterocycles. The molecule has 0 N–H and O–H groups in total. The van der Waals surface area contributed by atoms with Crippen molar-refractivity contribution in [2.24, 2.45) is 5.92 Å². The van der Waals surface area contributed by atoms with Gasteiger partial charge in [-0.2, -0.15) is 0 Å². The molecule has 1 aromatic carbocycles. The number of Topliss-reactive ketones (excluding diaryl/α,β-unsaturated/α-hetero) is 1. The standard InChI is InChI=1S/C15H18BrFO2/c1-19-15-9-13(17)12(16)8-11(15)14(18)7-6-10-4-2-3-5-10/h8-10H,2-7H2,1H3. The van der Waals surface area contributed by atoms with Gasteiger partial charge in [0.2, 0.25) is 0 Å². The van der Waals surface area contributed by atoms with E-state index < -0.39 is 5.82 Å². The molecule has 0 aromatic heterocycles. The molecule has 4 heteroatoms. The molecule has 1 saturated carbocycles. The fourth-order valence-electron chi connectivity index (χ4n) is 2.68. The number of carbonyl (C=O) groups excluding carboxylic acids is 1. The molecule has 0 aliphatic heterocycles. The van der Waals surface area contributed by atoms with Gasteiger partial charge in [0.15, 0.2) is 5.78 Å². The first-order valence-corrected chi connectivity index (χ1v) is 7.47. The minimum absolute atomic E-state index is 0.0319. The average Bonchev–Trinajstić information content (AvgIpc) is 2.91. The molecule has 1 aliphatic rings. The van der Waals surface area contributed by atoms with Gasteiger partial charge in [-0.25, -0.2) is 4.39 Å². The van der Waals surface area contributed by atoms with E-state index in [-0.39, 0.29) is 5.78 Å². The van der Waals surface area contributed by atoms with E-state index in [0.29, 0.717) is 28.1 Å². The highest BCUT2D eigenvalue weighted by Crippen LogP contribution is 2.31. The lowest BCUT2D eigenvalue weighted by molar-refractivity contribution is 0.0971. The van der Waals surface area contributed by atoms with Crippen molar-refractivity contribution in [2.45, 2.75) is 38.5 Å². The van der Waals surface area contributed by atoms with Crippen molar-refractivity contribution in [3.8, 4) is 5.75 Å². The fourth-order valence-corrected chi connectivity index (χ4v) is 3.03. The Balaban J connectivity index is 2.07. The number of ketones is 1. The first-order valence-electron chi connectivity index (χ1n) is 6.68. The zero-order valence-corrected chi connectivity index (χ0v) is 12.6. The molecule has 1 fully saturated rings. The van der Waals surface area contributed by atoms with Crippen LogP contribution in [0.5, 0.6) is 5.75 Å². The normalized spacial score (nSPS) is 15.7. The number of benzene rings is 1. The van der Waals surface area contributed by atoms with E-state index in [1.54, 1.807) is 0 Å². The Morgan fingerprint density at radius 3 is 2.74 bits per heavy atom. The molecule has 104 valence electrons. The van der Waals surface area contributed by atoms with E-state index in [0.717, 1.165) is 6.42 Å². The van der Waals surface area contributed by atoms with Crippen molar-refractivity contribution < 1.29 is 13.9 Å². The van der Waals surface area contributed by atoms with Crippen LogP contribution in [0.25, 0.3) is 0 Å². The average molecular weight is 329 g/mol. The monoisotopic (exact) mass is 328 g/mol. The molecule has 0 amide bonds. The van der Waals surface area contributed by atoms with Crippen molar-refractivity contribution >= 4 is 21.7 Å². The van der Waals surface area contributed by atoms with Gasteiger partial charge in [0.25, 0.3) is 0 Å². The summed E-state index contributed by atoms with van der Waals surface area (Å²) in [6, 6.07) is 2.78. The number of ether oxygens (including phenoxy) is 1. The van der Waals surface area contributed by atoms with Crippen molar-refractivity contribution in [3.05, 3.63) is 28.0 Å². The highest BCUT2D eigenvalue weighted by atomic mass is 79.9. The molecule has 0 atom stereocenters. The summed E-state index contributed by atoms with van der Waals surface area (Å²) in [6.07, 6.45) is 6.47. The minimum atomic E-state index is -0.413. The maximum Gasteiger partial charge on any atom is 0.166 e. The molecular formula is C15H18BrFO2. The van der Waals surface area contributed by atoms with Crippen LogP contribution in [0, 0.1) is 11.7 Å². The Kier molecular flexibility index (Phi) is 4.97. The van der Waals surface area contributed by atoms with Gasteiger partial charge < -0.3 is 4.74 Å². The number of rotatable bonds is 5. The molecule has 19 heavy (non-hydrogen) atoms. The lowest BCUT2D eigenvalue weighted by Gasteiger charge is -2.11.